The maximum absolute atomic E-state index is 12.3. The van der Waals surface area contributed by atoms with E-state index in [4.69, 9.17) is 10.8 Å². The van der Waals surface area contributed by atoms with Crippen LogP contribution in [0, 0.1) is 26.7 Å². The minimum absolute atomic E-state index is 0.0560. The molecule has 0 saturated carbocycles. The molecule has 0 radical (unpaired) electrons. The van der Waals surface area contributed by atoms with E-state index in [2.05, 4.69) is 5.32 Å². The van der Waals surface area contributed by atoms with Crippen LogP contribution in [0.15, 0.2) is 18.2 Å². The molecule has 2 aromatic rings. The zero-order valence-corrected chi connectivity index (χ0v) is 16.7. The third kappa shape index (κ3) is 4.95. The molecule has 0 spiro atoms. The van der Waals surface area contributed by atoms with Gasteiger partial charge in [0.25, 0.3) is 5.91 Å². The number of rotatable bonds is 7. The number of anilines is 1. The number of benzene rings is 1. The molecule has 0 bridgehead atoms. The van der Waals surface area contributed by atoms with Gasteiger partial charge in [0.05, 0.1) is 5.56 Å². The molecule has 0 fully saturated rings. The molecule has 0 aliphatic rings. The molecule has 144 valence electrons. The summed E-state index contributed by atoms with van der Waals surface area (Å²) in [6, 6.07) is 5.92. The van der Waals surface area contributed by atoms with Crippen LogP contribution >= 0.6 is 11.3 Å². The number of carboxylic acid groups (broad SMARTS) is 1. The highest BCUT2D eigenvalue weighted by atomic mass is 32.1. The predicted octanol–water partition coefficient (Wildman–Crippen LogP) is 3.88. The van der Waals surface area contributed by atoms with Crippen molar-refractivity contribution in [2.24, 2.45) is 11.7 Å². The molecular weight excluding hydrogens is 364 g/mol. The summed E-state index contributed by atoms with van der Waals surface area (Å²) < 4.78 is 0. The Morgan fingerprint density at radius 3 is 2.37 bits per heavy atom. The van der Waals surface area contributed by atoms with Gasteiger partial charge in [0, 0.05) is 23.3 Å². The van der Waals surface area contributed by atoms with Gasteiger partial charge in [-0.1, -0.05) is 25.1 Å². The molecule has 1 aromatic carbocycles. The van der Waals surface area contributed by atoms with Gasteiger partial charge in [-0.3, -0.25) is 14.4 Å². The Morgan fingerprint density at radius 2 is 1.81 bits per heavy atom. The molecule has 27 heavy (non-hydrogen) atoms. The Balaban J connectivity index is 2.36. The predicted molar refractivity (Wildman–Crippen MR) is 107 cm³/mol. The molecule has 1 unspecified atom stereocenters. The van der Waals surface area contributed by atoms with Crippen molar-refractivity contribution in [2.45, 2.75) is 40.5 Å². The monoisotopic (exact) mass is 388 g/mol. The first kappa shape index (κ1) is 20.6. The van der Waals surface area contributed by atoms with Gasteiger partial charge in [-0.25, -0.2) is 0 Å². The van der Waals surface area contributed by atoms with Gasteiger partial charge >= 0.3 is 5.97 Å². The maximum Gasteiger partial charge on any atom is 0.303 e. The maximum atomic E-state index is 12.3. The number of hydrogen-bond donors (Lipinski definition) is 3. The van der Waals surface area contributed by atoms with Crippen LogP contribution in [0.1, 0.15) is 46.1 Å². The lowest BCUT2D eigenvalue weighted by Crippen LogP contribution is -2.19. The van der Waals surface area contributed by atoms with Crippen LogP contribution in [0.25, 0.3) is 11.1 Å². The quantitative estimate of drug-likeness (QED) is 0.668. The zero-order chi connectivity index (χ0) is 20.3. The first-order valence-electron chi connectivity index (χ1n) is 8.62. The Bertz CT molecular complexity index is 902. The average Bonchev–Trinajstić information content (AvgIpc) is 2.85. The van der Waals surface area contributed by atoms with Crippen molar-refractivity contribution < 1.29 is 19.5 Å². The molecule has 6 nitrogen and oxygen atoms in total. The van der Waals surface area contributed by atoms with Crippen LogP contribution in [0.5, 0.6) is 0 Å². The van der Waals surface area contributed by atoms with E-state index in [-0.39, 0.29) is 24.7 Å². The molecular formula is C20H24N2O4S. The first-order chi connectivity index (χ1) is 12.6. The largest absolute Gasteiger partial charge is 0.481 e. The number of aliphatic carboxylic acids is 1. The van der Waals surface area contributed by atoms with Gasteiger partial charge in [0.15, 0.2) is 0 Å². The smallest absolute Gasteiger partial charge is 0.303 e. The van der Waals surface area contributed by atoms with Crippen LogP contribution in [-0.4, -0.2) is 22.9 Å². The van der Waals surface area contributed by atoms with Crippen molar-refractivity contribution in [3.05, 3.63) is 39.8 Å². The second-order valence-corrected chi connectivity index (χ2v) is 8.08. The van der Waals surface area contributed by atoms with E-state index in [1.165, 1.54) is 11.3 Å². The highest BCUT2D eigenvalue weighted by Gasteiger charge is 2.23. The van der Waals surface area contributed by atoms with Crippen LogP contribution in [0.4, 0.5) is 5.00 Å². The summed E-state index contributed by atoms with van der Waals surface area (Å²) in [4.78, 5) is 36.0. The minimum Gasteiger partial charge on any atom is -0.481 e. The summed E-state index contributed by atoms with van der Waals surface area (Å²) in [5.74, 6) is -2.20. The molecule has 2 rings (SSSR count). The summed E-state index contributed by atoms with van der Waals surface area (Å²) in [6.07, 6.45) is -0.0338. The van der Waals surface area contributed by atoms with Gasteiger partial charge in [-0.2, -0.15) is 0 Å². The molecule has 0 saturated heterocycles. The molecule has 7 heteroatoms. The molecule has 1 heterocycles. The van der Waals surface area contributed by atoms with E-state index in [9.17, 15) is 14.4 Å². The van der Waals surface area contributed by atoms with Crippen molar-refractivity contribution in [1.29, 1.82) is 0 Å². The SMILES string of the molecule is Cc1ccc(-c2c(C)sc(NC(=O)CC(C)CC(=O)O)c2C(N)=O)cc1C. The van der Waals surface area contributed by atoms with Crippen molar-refractivity contribution in [3.63, 3.8) is 0 Å². The standard InChI is InChI=1S/C20H24N2O4S/c1-10(8-16(24)25)7-15(23)22-20-18(19(21)26)17(13(4)27-20)14-6-5-11(2)12(3)9-14/h5-6,9-10H,7-8H2,1-4H3,(H2,21,26)(H,22,23)(H,24,25). The summed E-state index contributed by atoms with van der Waals surface area (Å²) in [7, 11) is 0. The van der Waals surface area contributed by atoms with Crippen molar-refractivity contribution in [1.82, 2.24) is 0 Å². The Hall–Kier alpha value is -2.67. The van der Waals surface area contributed by atoms with Gasteiger partial charge < -0.3 is 16.2 Å². The molecule has 1 aromatic heterocycles. The lowest BCUT2D eigenvalue weighted by molar-refractivity contribution is -0.138. The number of primary amides is 1. The van der Waals surface area contributed by atoms with Crippen molar-refractivity contribution in [2.75, 3.05) is 5.32 Å². The Kier molecular flexibility index (Phi) is 6.38. The number of aryl methyl sites for hydroxylation is 3. The number of carbonyl (C=O) groups excluding carboxylic acids is 2. The Labute approximate surface area is 162 Å². The first-order valence-corrected chi connectivity index (χ1v) is 9.44. The van der Waals surface area contributed by atoms with Crippen LogP contribution in [0.2, 0.25) is 0 Å². The topological polar surface area (TPSA) is 109 Å². The third-order valence-electron chi connectivity index (χ3n) is 4.44. The summed E-state index contributed by atoms with van der Waals surface area (Å²) in [5.41, 5.74) is 9.75. The number of thiophene rings is 1. The minimum atomic E-state index is -0.947. The molecule has 1 atom stereocenters. The molecule has 2 amide bonds. The van der Waals surface area contributed by atoms with Crippen LogP contribution in [-0.2, 0) is 9.59 Å². The number of amides is 2. The number of hydrogen-bond acceptors (Lipinski definition) is 4. The summed E-state index contributed by atoms with van der Waals surface area (Å²) >= 11 is 1.29. The number of nitrogens with two attached hydrogens (primary N) is 1. The van der Waals surface area contributed by atoms with E-state index in [0.717, 1.165) is 27.1 Å². The second-order valence-electron chi connectivity index (χ2n) is 6.86. The number of carboxylic acids is 1. The van der Waals surface area contributed by atoms with E-state index in [0.29, 0.717) is 10.6 Å². The number of carbonyl (C=O) groups is 3. The average molecular weight is 388 g/mol. The van der Waals surface area contributed by atoms with E-state index < -0.39 is 11.9 Å². The van der Waals surface area contributed by atoms with E-state index >= 15 is 0 Å². The second kappa shape index (κ2) is 8.35. The fourth-order valence-electron chi connectivity index (χ4n) is 2.98. The molecule has 0 aliphatic carbocycles. The van der Waals surface area contributed by atoms with E-state index in [1.807, 2.05) is 39.0 Å². The molecule has 4 N–H and O–H groups in total. The van der Waals surface area contributed by atoms with Crippen LogP contribution < -0.4 is 11.1 Å². The lowest BCUT2D eigenvalue weighted by Gasteiger charge is -2.10. The highest BCUT2D eigenvalue weighted by Crippen LogP contribution is 2.40. The summed E-state index contributed by atoms with van der Waals surface area (Å²) in [6.45, 7) is 7.59. The number of nitrogens with one attached hydrogen (secondary N) is 1. The zero-order valence-electron chi connectivity index (χ0n) is 15.9. The van der Waals surface area contributed by atoms with Crippen molar-refractivity contribution >= 4 is 34.1 Å². The fourth-order valence-corrected chi connectivity index (χ4v) is 4.07. The van der Waals surface area contributed by atoms with E-state index in [1.54, 1.807) is 6.92 Å². The highest BCUT2D eigenvalue weighted by molar-refractivity contribution is 7.17. The van der Waals surface area contributed by atoms with Gasteiger partial charge in [0.1, 0.15) is 5.00 Å². The van der Waals surface area contributed by atoms with Gasteiger partial charge in [-0.15, -0.1) is 11.3 Å². The Morgan fingerprint density at radius 1 is 1.15 bits per heavy atom. The third-order valence-corrected chi connectivity index (χ3v) is 5.46. The normalized spacial score (nSPS) is 11.9. The fraction of sp³-hybridized carbons (Fsp3) is 0.350. The summed E-state index contributed by atoms with van der Waals surface area (Å²) in [5, 5.41) is 12.0. The lowest BCUT2D eigenvalue weighted by atomic mass is 9.97. The molecule has 0 aliphatic heterocycles. The van der Waals surface area contributed by atoms with Gasteiger partial charge in [0.2, 0.25) is 5.91 Å². The van der Waals surface area contributed by atoms with Gasteiger partial charge in [-0.05, 0) is 43.4 Å². The van der Waals surface area contributed by atoms with Crippen LogP contribution in [0.3, 0.4) is 0 Å². The van der Waals surface area contributed by atoms with Crippen molar-refractivity contribution in [3.8, 4) is 11.1 Å².